The number of nitrogens with one attached hydrogen (secondary N) is 2. The molecule has 1 aromatic heterocycles. The van der Waals surface area contributed by atoms with Gasteiger partial charge in [-0.05, 0) is 24.5 Å². The summed E-state index contributed by atoms with van der Waals surface area (Å²) in [6.07, 6.45) is 2.23. The van der Waals surface area contributed by atoms with Crippen LogP contribution in [0.3, 0.4) is 0 Å². The molecule has 0 aliphatic rings. The summed E-state index contributed by atoms with van der Waals surface area (Å²) < 4.78 is 0. The maximum Gasteiger partial charge on any atom is 0.319 e. The van der Waals surface area contributed by atoms with Gasteiger partial charge in [0.25, 0.3) is 0 Å². The number of anilines is 1. The Morgan fingerprint density at radius 1 is 1.56 bits per heavy atom. The van der Waals surface area contributed by atoms with Gasteiger partial charge in [-0.3, -0.25) is 0 Å². The zero-order chi connectivity index (χ0) is 13.5. The molecular formula is C12H18ClN3O2. The third kappa shape index (κ3) is 5.33. The van der Waals surface area contributed by atoms with Gasteiger partial charge in [-0.1, -0.05) is 25.4 Å². The molecule has 0 aliphatic carbocycles. The second-order valence-corrected chi connectivity index (χ2v) is 4.86. The van der Waals surface area contributed by atoms with E-state index in [1.165, 1.54) is 6.20 Å². The van der Waals surface area contributed by atoms with Crippen LogP contribution in [-0.4, -0.2) is 28.8 Å². The van der Waals surface area contributed by atoms with Crippen molar-refractivity contribution in [2.45, 2.75) is 26.3 Å². The number of urea groups is 1. The lowest BCUT2D eigenvalue weighted by molar-refractivity contribution is 0.214. The van der Waals surface area contributed by atoms with Crippen LogP contribution in [0, 0.1) is 5.92 Å². The molecule has 2 amide bonds. The standard InChI is InChI=1S/C12H18ClN3O2/c1-8(2)5-10(7-17)16-12(18)15-9-3-4-14-11(13)6-9/h3-4,6,8,10,17H,5,7H2,1-2H3,(H2,14,15,16,18). The van der Waals surface area contributed by atoms with Gasteiger partial charge in [0.15, 0.2) is 0 Å². The zero-order valence-electron chi connectivity index (χ0n) is 10.5. The molecular weight excluding hydrogens is 254 g/mol. The van der Waals surface area contributed by atoms with Crippen molar-refractivity contribution >= 4 is 23.3 Å². The number of aliphatic hydroxyl groups is 1. The maximum absolute atomic E-state index is 11.7. The summed E-state index contributed by atoms with van der Waals surface area (Å²) in [6, 6.07) is 2.58. The van der Waals surface area contributed by atoms with Crippen LogP contribution in [0.4, 0.5) is 10.5 Å². The summed E-state index contributed by atoms with van der Waals surface area (Å²) in [4.78, 5) is 15.5. The number of amides is 2. The summed E-state index contributed by atoms with van der Waals surface area (Å²) in [5, 5.41) is 14.8. The van der Waals surface area contributed by atoms with Gasteiger partial charge in [-0.2, -0.15) is 0 Å². The highest BCUT2D eigenvalue weighted by Gasteiger charge is 2.13. The molecule has 1 atom stereocenters. The van der Waals surface area contributed by atoms with Gasteiger partial charge in [0.1, 0.15) is 5.15 Å². The Kier molecular flexibility index (Phi) is 5.88. The van der Waals surface area contributed by atoms with Crippen molar-refractivity contribution in [3.8, 4) is 0 Å². The largest absolute Gasteiger partial charge is 0.394 e. The van der Waals surface area contributed by atoms with Crippen molar-refractivity contribution in [2.75, 3.05) is 11.9 Å². The molecule has 0 bridgehead atoms. The summed E-state index contributed by atoms with van der Waals surface area (Å²) >= 11 is 5.71. The monoisotopic (exact) mass is 271 g/mol. The lowest BCUT2D eigenvalue weighted by atomic mass is 10.0. The minimum atomic E-state index is -0.364. The summed E-state index contributed by atoms with van der Waals surface area (Å²) in [6.45, 7) is 3.98. The third-order valence-corrected chi connectivity index (χ3v) is 2.50. The first kappa shape index (κ1) is 14.7. The van der Waals surface area contributed by atoms with Crippen LogP contribution in [0.5, 0.6) is 0 Å². The Morgan fingerprint density at radius 2 is 2.28 bits per heavy atom. The van der Waals surface area contributed by atoms with E-state index in [1.807, 2.05) is 13.8 Å². The molecule has 18 heavy (non-hydrogen) atoms. The van der Waals surface area contributed by atoms with Gasteiger partial charge in [-0.15, -0.1) is 0 Å². The normalized spacial score (nSPS) is 12.3. The van der Waals surface area contributed by atoms with Gasteiger partial charge in [0.2, 0.25) is 0 Å². The van der Waals surface area contributed by atoms with Crippen molar-refractivity contribution in [3.63, 3.8) is 0 Å². The summed E-state index contributed by atoms with van der Waals surface area (Å²) in [7, 11) is 0. The van der Waals surface area contributed by atoms with E-state index in [4.69, 9.17) is 16.7 Å². The Morgan fingerprint density at radius 3 is 2.83 bits per heavy atom. The molecule has 0 radical (unpaired) electrons. The minimum absolute atomic E-state index is 0.0807. The number of aromatic nitrogens is 1. The number of hydrogen-bond donors (Lipinski definition) is 3. The molecule has 1 aromatic rings. The highest BCUT2D eigenvalue weighted by atomic mass is 35.5. The lowest BCUT2D eigenvalue weighted by Gasteiger charge is -2.18. The fourth-order valence-electron chi connectivity index (χ4n) is 1.58. The van der Waals surface area contributed by atoms with Crippen LogP contribution in [0.2, 0.25) is 5.15 Å². The lowest BCUT2D eigenvalue weighted by Crippen LogP contribution is -2.40. The Hall–Kier alpha value is -1.33. The van der Waals surface area contributed by atoms with E-state index < -0.39 is 0 Å². The fourth-order valence-corrected chi connectivity index (χ4v) is 1.75. The van der Waals surface area contributed by atoms with Crippen LogP contribution < -0.4 is 10.6 Å². The van der Waals surface area contributed by atoms with E-state index in [1.54, 1.807) is 12.1 Å². The molecule has 0 saturated heterocycles. The highest BCUT2D eigenvalue weighted by Crippen LogP contribution is 2.12. The number of hydrogen-bond acceptors (Lipinski definition) is 3. The van der Waals surface area contributed by atoms with E-state index in [-0.39, 0.29) is 18.7 Å². The van der Waals surface area contributed by atoms with Crippen molar-refractivity contribution in [1.29, 1.82) is 0 Å². The predicted octanol–water partition coefficient (Wildman–Crippen LogP) is 2.26. The second kappa shape index (κ2) is 7.18. The number of nitrogens with zero attached hydrogens (tertiary/aromatic N) is 1. The average Bonchev–Trinajstić information content (AvgIpc) is 2.27. The molecule has 0 aromatic carbocycles. The Bertz CT molecular complexity index is 399. The smallest absolute Gasteiger partial charge is 0.319 e. The van der Waals surface area contributed by atoms with E-state index >= 15 is 0 Å². The van der Waals surface area contributed by atoms with Crippen molar-refractivity contribution in [3.05, 3.63) is 23.5 Å². The second-order valence-electron chi connectivity index (χ2n) is 4.47. The van der Waals surface area contributed by atoms with Crippen LogP contribution >= 0.6 is 11.6 Å². The van der Waals surface area contributed by atoms with Gasteiger partial charge in [-0.25, -0.2) is 9.78 Å². The SMILES string of the molecule is CC(C)CC(CO)NC(=O)Nc1ccnc(Cl)c1. The maximum atomic E-state index is 11.7. The number of aliphatic hydroxyl groups excluding tert-OH is 1. The Labute approximate surface area is 112 Å². The van der Waals surface area contributed by atoms with E-state index in [0.717, 1.165) is 6.42 Å². The summed E-state index contributed by atoms with van der Waals surface area (Å²) in [5.74, 6) is 0.401. The first-order chi connectivity index (χ1) is 8.51. The summed E-state index contributed by atoms with van der Waals surface area (Å²) in [5.41, 5.74) is 0.564. The van der Waals surface area contributed by atoms with E-state index in [0.29, 0.717) is 16.8 Å². The molecule has 6 heteroatoms. The molecule has 0 fully saturated rings. The molecule has 0 saturated carbocycles. The molecule has 0 spiro atoms. The third-order valence-electron chi connectivity index (χ3n) is 2.30. The molecule has 5 nitrogen and oxygen atoms in total. The zero-order valence-corrected chi connectivity index (χ0v) is 11.2. The predicted molar refractivity (Wildman–Crippen MR) is 71.7 cm³/mol. The van der Waals surface area contributed by atoms with E-state index in [2.05, 4.69) is 15.6 Å². The van der Waals surface area contributed by atoms with Crippen LogP contribution in [0.1, 0.15) is 20.3 Å². The van der Waals surface area contributed by atoms with Gasteiger partial charge in [0, 0.05) is 11.9 Å². The fraction of sp³-hybridized carbons (Fsp3) is 0.500. The van der Waals surface area contributed by atoms with Gasteiger partial charge in [0.05, 0.1) is 12.6 Å². The molecule has 3 N–H and O–H groups in total. The van der Waals surface area contributed by atoms with Crippen LogP contribution in [0.25, 0.3) is 0 Å². The van der Waals surface area contributed by atoms with Crippen molar-refractivity contribution < 1.29 is 9.90 Å². The number of rotatable bonds is 5. The number of halogens is 1. The highest BCUT2D eigenvalue weighted by molar-refractivity contribution is 6.29. The van der Waals surface area contributed by atoms with Crippen LogP contribution in [-0.2, 0) is 0 Å². The van der Waals surface area contributed by atoms with Crippen LogP contribution in [0.15, 0.2) is 18.3 Å². The minimum Gasteiger partial charge on any atom is -0.394 e. The number of pyridine rings is 1. The Balaban J connectivity index is 2.50. The topological polar surface area (TPSA) is 74.2 Å². The molecule has 1 unspecified atom stereocenters. The number of carbonyl (C=O) groups excluding carboxylic acids is 1. The van der Waals surface area contributed by atoms with E-state index in [9.17, 15) is 4.79 Å². The average molecular weight is 272 g/mol. The molecule has 100 valence electrons. The van der Waals surface area contributed by atoms with Gasteiger partial charge < -0.3 is 15.7 Å². The number of carbonyl (C=O) groups is 1. The first-order valence-corrected chi connectivity index (χ1v) is 6.19. The molecule has 1 heterocycles. The quantitative estimate of drug-likeness (QED) is 0.719. The van der Waals surface area contributed by atoms with Crippen molar-refractivity contribution in [1.82, 2.24) is 10.3 Å². The molecule has 1 rings (SSSR count). The molecule has 0 aliphatic heterocycles. The first-order valence-electron chi connectivity index (χ1n) is 5.81. The van der Waals surface area contributed by atoms with Crippen molar-refractivity contribution in [2.24, 2.45) is 5.92 Å². The van der Waals surface area contributed by atoms with Gasteiger partial charge >= 0.3 is 6.03 Å².